The molecule has 0 aromatic carbocycles. The Morgan fingerprint density at radius 1 is 1.47 bits per heavy atom. The third-order valence-corrected chi connectivity index (χ3v) is 3.38. The molecule has 1 atom stereocenters. The van der Waals surface area contributed by atoms with E-state index in [0.29, 0.717) is 18.4 Å². The van der Waals surface area contributed by atoms with Crippen molar-refractivity contribution in [1.29, 1.82) is 0 Å². The maximum Gasteiger partial charge on any atom is 0.234 e. The second-order valence-corrected chi connectivity index (χ2v) is 5.16. The lowest BCUT2D eigenvalue weighted by molar-refractivity contribution is 0.303. The fourth-order valence-electron chi connectivity index (χ4n) is 2.36. The van der Waals surface area contributed by atoms with Crippen molar-refractivity contribution >= 4 is 5.82 Å². The summed E-state index contributed by atoms with van der Waals surface area (Å²) < 4.78 is 5.52. The van der Waals surface area contributed by atoms with E-state index in [4.69, 9.17) is 4.74 Å². The molecule has 1 aromatic rings. The summed E-state index contributed by atoms with van der Waals surface area (Å²) in [5.41, 5.74) is 0. The van der Waals surface area contributed by atoms with E-state index in [1.807, 2.05) is 0 Å². The smallest absolute Gasteiger partial charge is 0.234 e. The lowest BCUT2D eigenvalue weighted by Crippen LogP contribution is -2.37. The van der Waals surface area contributed by atoms with Gasteiger partial charge in [0.15, 0.2) is 5.82 Å². The number of hydrogen-bond acceptors (Lipinski definition) is 5. The van der Waals surface area contributed by atoms with Crippen molar-refractivity contribution in [2.45, 2.75) is 26.2 Å². The molecule has 0 amide bonds. The molecule has 1 aliphatic rings. The van der Waals surface area contributed by atoms with Gasteiger partial charge in [0.2, 0.25) is 5.88 Å². The van der Waals surface area contributed by atoms with Crippen LogP contribution in [0.15, 0.2) is 12.4 Å². The van der Waals surface area contributed by atoms with E-state index in [1.54, 1.807) is 12.4 Å². The van der Waals surface area contributed by atoms with Crippen molar-refractivity contribution in [3.8, 4) is 5.88 Å². The average molecular weight is 264 g/mol. The van der Waals surface area contributed by atoms with Gasteiger partial charge in [-0.1, -0.05) is 6.92 Å². The van der Waals surface area contributed by atoms with E-state index in [2.05, 4.69) is 34.2 Å². The molecule has 0 aliphatic carbocycles. The van der Waals surface area contributed by atoms with E-state index in [9.17, 15) is 0 Å². The summed E-state index contributed by atoms with van der Waals surface area (Å²) >= 11 is 0. The highest BCUT2D eigenvalue weighted by molar-refractivity contribution is 5.36. The number of rotatable bonds is 6. The number of ether oxygens (including phenoxy) is 1. The quantitative estimate of drug-likeness (QED) is 0.847. The number of aromatic nitrogens is 2. The van der Waals surface area contributed by atoms with Crippen LogP contribution in [-0.4, -0.2) is 43.3 Å². The molecule has 2 heterocycles. The van der Waals surface area contributed by atoms with Crippen LogP contribution in [0, 0.1) is 5.92 Å². The minimum absolute atomic E-state index is 0.618. The fourth-order valence-corrected chi connectivity index (χ4v) is 2.36. The molecule has 1 fully saturated rings. The van der Waals surface area contributed by atoms with Gasteiger partial charge in [-0.05, 0) is 38.3 Å². The Bertz CT molecular complexity index is 379. The second kappa shape index (κ2) is 7.28. The molecule has 1 aromatic heterocycles. The highest BCUT2D eigenvalue weighted by Gasteiger charge is 2.16. The van der Waals surface area contributed by atoms with Gasteiger partial charge in [0.25, 0.3) is 0 Å². The van der Waals surface area contributed by atoms with Gasteiger partial charge >= 0.3 is 0 Å². The van der Waals surface area contributed by atoms with E-state index < -0.39 is 0 Å². The third-order valence-electron chi connectivity index (χ3n) is 3.38. The van der Waals surface area contributed by atoms with E-state index in [-0.39, 0.29) is 0 Å². The van der Waals surface area contributed by atoms with E-state index in [0.717, 1.165) is 31.9 Å². The van der Waals surface area contributed by atoms with Gasteiger partial charge in [0.1, 0.15) is 0 Å². The van der Waals surface area contributed by atoms with Gasteiger partial charge in [-0.3, -0.25) is 4.98 Å². The highest BCUT2D eigenvalue weighted by Crippen LogP contribution is 2.17. The summed E-state index contributed by atoms with van der Waals surface area (Å²) in [6.45, 7) is 6.04. The van der Waals surface area contributed by atoms with Crippen molar-refractivity contribution < 1.29 is 4.74 Å². The van der Waals surface area contributed by atoms with Gasteiger partial charge in [-0.2, -0.15) is 4.98 Å². The first-order chi connectivity index (χ1) is 9.29. The van der Waals surface area contributed by atoms with Crippen LogP contribution in [0.3, 0.4) is 0 Å². The van der Waals surface area contributed by atoms with Gasteiger partial charge in [-0.25, -0.2) is 0 Å². The first kappa shape index (κ1) is 14.1. The zero-order valence-corrected chi connectivity index (χ0v) is 11.9. The first-order valence-electron chi connectivity index (χ1n) is 7.16. The molecule has 106 valence electrons. The fraction of sp³-hybridized carbons (Fsp3) is 0.714. The van der Waals surface area contributed by atoms with E-state index >= 15 is 0 Å². The van der Waals surface area contributed by atoms with Crippen molar-refractivity contribution in [1.82, 2.24) is 15.3 Å². The van der Waals surface area contributed by atoms with Crippen LogP contribution in [0.4, 0.5) is 5.82 Å². The predicted octanol–water partition coefficient (Wildman–Crippen LogP) is 1.70. The third kappa shape index (κ3) is 4.35. The first-order valence-corrected chi connectivity index (χ1v) is 7.16. The molecule has 1 unspecified atom stereocenters. The standard InChI is InChI=1S/C14H24N4O/c1-3-7-19-14-10-16-9-13(17-14)18(2)11-12-5-4-6-15-8-12/h9-10,12,15H,3-8,11H2,1-2H3. The Balaban J connectivity index is 1.91. The maximum absolute atomic E-state index is 5.52. The van der Waals surface area contributed by atoms with Crippen LogP contribution in [0.2, 0.25) is 0 Å². The van der Waals surface area contributed by atoms with Crippen LogP contribution in [0.5, 0.6) is 5.88 Å². The van der Waals surface area contributed by atoms with Crippen LogP contribution in [0.25, 0.3) is 0 Å². The highest BCUT2D eigenvalue weighted by atomic mass is 16.5. The van der Waals surface area contributed by atoms with Crippen LogP contribution in [0.1, 0.15) is 26.2 Å². The molecular formula is C14H24N4O. The molecule has 1 aliphatic heterocycles. The minimum atomic E-state index is 0.618. The Hall–Kier alpha value is -1.36. The Labute approximate surface area is 115 Å². The SMILES string of the molecule is CCCOc1cncc(N(C)CC2CCCNC2)n1. The van der Waals surface area contributed by atoms with Gasteiger partial charge in [-0.15, -0.1) is 0 Å². The van der Waals surface area contributed by atoms with Gasteiger partial charge in [0, 0.05) is 13.6 Å². The number of piperidine rings is 1. The van der Waals surface area contributed by atoms with Crippen LogP contribution in [-0.2, 0) is 0 Å². The summed E-state index contributed by atoms with van der Waals surface area (Å²) in [5, 5.41) is 3.44. The molecule has 5 heteroatoms. The molecule has 0 saturated carbocycles. The summed E-state index contributed by atoms with van der Waals surface area (Å²) in [6, 6.07) is 0. The molecule has 0 spiro atoms. The molecule has 2 rings (SSSR count). The van der Waals surface area contributed by atoms with E-state index in [1.165, 1.54) is 12.8 Å². The molecule has 0 bridgehead atoms. The number of hydrogen-bond donors (Lipinski definition) is 1. The number of nitrogens with zero attached hydrogens (tertiary/aromatic N) is 3. The summed E-state index contributed by atoms with van der Waals surface area (Å²) in [5.74, 6) is 2.20. The lowest BCUT2D eigenvalue weighted by Gasteiger charge is -2.28. The Morgan fingerprint density at radius 3 is 3.11 bits per heavy atom. The molecule has 19 heavy (non-hydrogen) atoms. The Kier molecular flexibility index (Phi) is 5.39. The van der Waals surface area contributed by atoms with Gasteiger partial charge < -0.3 is 15.0 Å². The Morgan fingerprint density at radius 2 is 2.37 bits per heavy atom. The monoisotopic (exact) mass is 264 g/mol. The minimum Gasteiger partial charge on any atom is -0.477 e. The maximum atomic E-state index is 5.52. The second-order valence-electron chi connectivity index (χ2n) is 5.16. The summed E-state index contributed by atoms with van der Waals surface area (Å²) in [4.78, 5) is 10.9. The summed E-state index contributed by atoms with van der Waals surface area (Å²) in [6.07, 6.45) is 7.01. The zero-order chi connectivity index (χ0) is 13.5. The van der Waals surface area contributed by atoms with Crippen LogP contribution >= 0.6 is 0 Å². The molecular weight excluding hydrogens is 240 g/mol. The normalized spacial score (nSPS) is 19.2. The van der Waals surface area contributed by atoms with Crippen molar-refractivity contribution in [3.05, 3.63) is 12.4 Å². The average Bonchev–Trinajstić information content (AvgIpc) is 2.46. The molecule has 1 N–H and O–H groups in total. The lowest BCUT2D eigenvalue weighted by atomic mass is 9.99. The number of anilines is 1. The molecule has 5 nitrogen and oxygen atoms in total. The number of nitrogens with one attached hydrogen (secondary N) is 1. The van der Waals surface area contributed by atoms with Crippen molar-refractivity contribution in [3.63, 3.8) is 0 Å². The molecule has 1 saturated heterocycles. The molecule has 0 radical (unpaired) electrons. The predicted molar refractivity (Wildman–Crippen MR) is 76.7 cm³/mol. The topological polar surface area (TPSA) is 50.3 Å². The largest absolute Gasteiger partial charge is 0.477 e. The zero-order valence-electron chi connectivity index (χ0n) is 11.9. The van der Waals surface area contributed by atoms with Crippen LogP contribution < -0.4 is 15.0 Å². The van der Waals surface area contributed by atoms with Gasteiger partial charge in [0.05, 0.1) is 19.0 Å². The van der Waals surface area contributed by atoms with Crippen molar-refractivity contribution in [2.75, 3.05) is 38.2 Å². The van der Waals surface area contributed by atoms with Crippen molar-refractivity contribution in [2.24, 2.45) is 5.92 Å². The summed E-state index contributed by atoms with van der Waals surface area (Å²) in [7, 11) is 2.07.